The molecule has 0 aromatic rings. The number of carbonyl (C=O) groups is 1. The van der Waals surface area contributed by atoms with Gasteiger partial charge in [0.2, 0.25) is 0 Å². The van der Waals surface area contributed by atoms with Gasteiger partial charge in [-0.3, -0.25) is 4.79 Å². The largest absolute Gasteiger partial charge is 0.295 e. The number of hydrogen-bond donors (Lipinski definition) is 0. The van der Waals surface area contributed by atoms with Gasteiger partial charge in [0.25, 0.3) is 0 Å². The first-order chi connectivity index (χ1) is 6.18. The molecule has 0 aliphatic heterocycles. The third-order valence-electron chi connectivity index (χ3n) is 3.30. The normalized spacial score (nSPS) is 29.2. The number of ketones is 1. The highest BCUT2D eigenvalue weighted by Gasteiger charge is 2.28. The van der Waals surface area contributed by atoms with Crippen LogP contribution < -0.4 is 0 Å². The summed E-state index contributed by atoms with van der Waals surface area (Å²) >= 11 is 0. The van der Waals surface area contributed by atoms with Crippen molar-refractivity contribution in [2.24, 2.45) is 5.92 Å². The molecule has 0 saturated heterocycles. The van der Waals surface area contributed by atoms with E-state index in [1.807, 2.05) is 0 Å². The Bertz CT molecular complexity index is 296. The van der Waals surface area contributed by atoms with Crippen LogP contribution in [0.3, 0.4) is 0 Å². The minimum absolute atomic E-state index is 0.380. The summed E-state index contributed by atoms with van der Waals surface area (Å²) < 4.78 is 0. The molecule has 0 bridgehead atoms. The van der Waals surface area contributed by atoms with E-state index in [1.165, 1.54) is 17.6 Å². The van der Waals surface area contributed by atoms with Crippen LogP contribution in [-0.2, 0) is 4.79 Å². The Balaban J connectivity index is 2.34. The first kappa shape index (κ1) is 8.74. The van der Waals surface area contributed by atoms with Crippen molar-refractivity contribution in [3.05, 3.63) is 23.3 Å². The van der Waals surface area contributed by atoms with Crippen LogP contribution in [0.4, 0.5) is 0 Å². The van der Waals surface area contributed by atoms with E-state index in [4.69, 9.17) is 0 Å². The van der Waals surface area contributed by atoms with Gasteiger partial charge in [-0.1, -0.05) is 24.6 Å². The molecule has 0 amide bonds. The molecule has 2 aliphatic carbocycles. The lowest BCUT2D eigenvalue weighted by atomic mass is 9.95. The summed E-state index contributed by atoms with van der Waals surface area (Å²) in [4.78, 5) is 11.6. The van der Waals surface area contributed by atoms with Crippen molar-refractivity contribution in [3.63, 3.8) is 0 Å². The molecule has 70 valence electrons. The van der Waals surface area contributed by atoms with E-state index in [2.05, 4.69) is 13.5 Å². The summed E-state index contributed by atoms with van der Waals surface area (Å²) in [5.74, 6) is 0.991. The van der Waals surface area contributed by atoms with E-state index in [-0.39, 0.29) is 0 Å². The van der Waals surface area contributed by atoms with Crippen LogP contribution in [0.5, 0.6) is 0 Å². The molecule has 1 unspecified atom stereocenters. The van der Waals surface area contributed by atoms with E-state index in [1.54, 1.807) is 0 Å². The molecule has 0 aromatic carbocycles. The molecule has 0 N–H and O–H groups in total. The minimum atomic E-state index is 0.380. The molecule has 0 aromatic heterocycles. The zero-order chi connectivity index (χ0) is 9.42. The van der Waals surface area contributed by atoms with E-state index in [0.29, 0.717) is 11.7 Å². The van der Waals surface area contributed by atoms with Gasteiger partial charge in [-0.2, -0.15) is 0 Å². The molecule has 2 aliphatic rings. The van der Waals surface area contributed by atoms with E-state index in [9.17, 15) is 4.79 Å². The molecule has 0 saturated carbocycles. The fourth-order valence-corrected chi connectivity index (χ4v) is 2.42. The standard InChI is InChI=1S/C12H16O/c1-8-3-4-9(2)10-5-6-12(13)11(10)7-8/h9H,1,3-7H2,2H3. The zero-order valence-corrected chi connectivity index (χ0v) is 8.23. The van der Waals surface area contributed by atoms with E-state index >= 15 is 0 Å². The molecule has 1 atom stereocenters. The summed E-state index contributed by atoms with van der Waals surface area (Å²) in [6.07, 6.45) is 4.91. The Morgan fingerprint density at radius 2 is 2.08 bits per heavy atom. The van der Waals surface area contributed by atoms with Gasteiger partial charge in [0.05, 0.1) is 0 Å². The summed E-state index contributed by atoms with van der Waals surface area (Å²) in [7, 11) is 0. The van der Waals surface area contributed by atoms with Crippen LogP contribution in [0.1, 0.15) is 39.0 Å². The van der Waals surface area contributed by atoms with Gasteiger partial charge in [-0.15, -0.1) is 0 Å². The highest BCUT2D eigenvalue weighted by Crippen LogP contribution is 2.38. The molecule has 1 nitrogen and oxygen atoms in total. The minimum Gasteiger partial charge on any atom is -0.295 e. The second-order valence-corrected chi connectivity index (χ2v) is 4.29. The molecule has 0 fully saturated rings. The van der Waals surface area contributed by atoms with Gasteiger partial charge in [0.1, 0.15) is 0 Å². The molecular formula is C12H16O. The smallest absolute Gasteiger partial charge is 0.159 e. The van der Waals surface area contributed by atoms with Crippen LogP contribution >= 0.6 is 0 Å². The van der Waals surface area contributed by atoms with Crippen molar-refractivity contribution in [2.45, 2.75) is 39.0 Å². The van der Waals surface area contributed by atoms with Crippen LogP contribution in [0, 0.1) is 5.92 Å². The van der Waals surface area contributed by atoms with E-state index in [0.717, 1.165) is 31.3 Å². The predicted octanol–water partition coefficient (Wildman–Crippen LogP) is 3.02. The number of carbonyl (C=O) groups excluding carboxylic acids is 1. The summed E-state index contributed by atoms with van der Waals surface area (Å²) in [5.41, 5.74) is 3.78. The first-order valence-corrected chi connectivity index (χ1v) is 5.10. The fourth-order valence-electron chi connectivity index (χ4n) is 2.42. The number of Topliss-reactive ketones (excluding diaryl/α,β-unsaturated/α-hetero) is 1. The maximum absolute atomic E-state index is 11.6. The Hall–Kier alpha value is -0.850. The first-order valence-electron chi connectivity index (χ1n) is 5.10. The predicted molar refractivity (Wildman–Crippen MR) is 53.4 cm³/mol. The molecule has 0 spiro atoms. The number of allylic oxidation sites excluding steroid dienone is 3. The monoisotopic (exact) mass is 176 g/mol. The summed E-state index contributed by atoms with van der Waals surface area (Å²) in [6.45, 7) is 6.26. The third kappa shape index (κ3) is 1.48. The zero-order valence-electron chi connectivity index (χ0n) is 8.23. The lowest BCUT2D eigenvalue weighted by Crippen LogP contribution is -1.98. The molecule has 0 heterocycles. The van der Waals surface area contributed by atoms with Crippen LogP contribution in [0.15, 0.2) is 23.3 Å². The molecule has 2 rings (SSSR count). The molecule has 13 heavy (non-hydrogen) atoms. The Labute approximate surface area is 79.5 Å². The fraction of sp³-hybridized carbons (Fsp3) is 0.583. The van der Waals surface area contributed by atoms with Crippen molar-refractivity contribution >= 4 is 5.78 Å². The lowest BCUT2D eigenvalue weighted by Gasteiger charge is -2.09. The topological polar surface area (TPSA) is 17.1 Å². The Morgan fingerprint density at radius 1 is 1.31 bits per heavy atom. The van der Waals surface area contributed by atoms with Crippen LogP contribution in [0.25, 0.3) is 0 Å². The van der Waals surface area contributed by atoms with Crippen molar-refractivity contribution in [3.8, 4) is 0 Å². The maximum Gasteiger partial charge on any atom is 0.159 e. The highest BCUT2D eigenvalue weighted by molar-refractivity contribution is 5.99. The Morgan fingerprint density at radius 3 is 2.85 bits per heavy atom. The number of rotatable bonds is 0. The lowest BCUT2D eigenvalue weighted by molar-refractivity contribution is -0.115. The summed E-state index contributed by atoms with van der Waals surface area (Å²) in [5, 5.41) is 0. The maximum atomic E-state index is 11.6. The second kappa shape index (κ2) is 3.13. The van der Waals surface area contributed by atoms with Crippen LogP contribution in [-0.4, -0.2) is 5.78 Å². The second-order valence-electron chi connectivity index (χ2n) is 4.29. The van der Waals surface area contributed by atoms with Crippen molar-refractivity contribution in [2.75, 3.05) is 0 Å². The van der Waals surface area contributed by atoms with Gasteiger partial charge < -0.3 is 0 Å². The van der Waals surface area contributed by atoms with Gasteiger partial charge in [0.15, 0.2) is 5.78 Å². The average molecular weight is 176 g/mol. The van der Waals surface area contributed by atoms with Gasteiger partial charge >= 0.3 is 0 Å². The van der Waals surface area contributed by atoms with Gasteiger partial charge in [-0.05, 0) is 37.2 Å². The quantitative estimate of drug-likeness (QED) is 0.518. The van der Waals surface area contributed by atoms with Gasteiger partial charge in [-0.25, -0.2) is 0 Å². The van der Waals surface area contributed by atoms with Crippen molar-refractivity contribution < 1.29 is 4.79 Å². The molecular weight excluding hydrogens is 160 g/mol. The van der Waals surface area contributed by atoms with E-state index < -0.39 is 0 Å². The Kier molecular flexibility index (Phi) is 2.10. The summed E-state index contributed by atoms with van der Waals surface area (Å²) in [6, 6.07) is 0. The average Bonchev–Trinajstić information content (AvgIpc) is 2.37. The van der Waals surface area contributed by atoms with Crippen molar-refractivity contribution in [1.29, 1.82) is 0 Å². The van der Waals surface area contributed by atoms with Crippen molar-refractivity contribution in [1.82, 2.24) is 0 Å². The van der Waals surface area contributed by atoms with Gasteiger partial charge in [0, 0.05) is 6.42 Å². The molecule has 0 radical (unpaired) electrons. The third-order valence-corrected chi connectivity index (χ3v) is 3.30. The SMILES string of the molecule is C=C1CCC(C)C2=C(C1)C(=O)CC2. The van der Waals surface area contributed by atoms with Crippen LogP contribution in [0.2, 0.25) is 0 Å². The molecule has 1 heteroatoms. The highest BCUT2D eigenvalue weighted by atomic mass is 16.1. The number of hydrogen-bond acceptors (Lipinski definition) is 1.